The number of aryl methyl sites for hydroxylation is 1. The van der Waals surface area contributed by atoms with Gasteiger partial charge in [0.15, 0.2) is 0 Å². The summed E-state index contributed by atoms with van der Waals surface area (Å²) in [6.07, 6.45) is 2.37. The molecule has 0 atom stereocenters. The first-order chi connectivity index (χ1) is 9.93. The number of aromatic nitrogens is 1. The summed E-state index contributed by atoms with van der Waals surface area (Å²) in [4.78, 5) is 5.70. The fourth-order valence-corrected chi connectivity index (χ4v) is 3.43. The molecule has 3 rings (SSSR count). The summed E-state index contributed by atoms with van der Waals surface area (Å²) in [5.41, 5.74) is 1.44. The Morgan fingerprint density at radius 3 is 2.76 bits per heavy atom. The van der Waals surface area contributed by atoms with Gasteiger partial charge < -0.3 is 9.84 Å². The average Bonchev–Trinajstić information content (AvgIpc) is 3.15. The Kier molecular flexibility index (Phi) is 3.76. The lowest BCUT2D eigenvalue weighted by Crippen LogP contribution is -2.15. The van der Waals surface area contributed by atoms with Crippen molar-refractivity contribution >= 4 is 11.3 Å². The molecular weight excluding hydrogens is 282 g/mol. The highest BCUT2D eigenvalue weighted by atomic mass is 32.1. The second-order valence-corrected chi connectivity index (χ2v) is 7.34. The number of nitrogens with zero attached hydrogens (tertiary/aromatic N) is 1. The number of benzene rings is 1. The molecule has 1 aromatic heterocycles. The van der Waals surface area contributed by atoms with Gasteiger partial charge in [0.25, 0.3) is 0 Å². The van der Waals surface area contributed by atoms with E-state index in [0.717, 1.165) is 21.3 Å². The van der Waals surface area contributed by atoms with Gasteiger partial charge in [-0.2, -0.15) is 0 Å². The summed E-state index contributed by atoms with van der Waals surface area (Å²) in [5, 5.41) is 11.3. The van der Waals surface area contributed by atoms with Crippen molar-refractivity contribution < 1.29 is 9.84 Å². The van der Waals surface area contributed by atoms with Gasteiger partial charge in [-0.1, -0.05) is 12.1 Å². The van der Waals surface area contributed by atoms with E-state index >= 15 is 0 Å². The Morgan fingerprint density at radius 1 is 1.38 bits per heavy atom. The van der Waals surface area contributed by atoms with E-state index < -0.39 is 5.60 Å². The number of hydrogen-bond acceptors (Lipinski definition) is 4. The lowest BCUT2D eigenvalue weighted by Gasteiger charge is -2.16. The molecule has 1 fully saturated rings. The summed E-state index contributed by atoms with van der Waals surface area (Å²) in [5.74, 6) is 1.40. The van der Waals surface area contributed by atoms with Crippen LogP contribution < -0.4 is 4.74 Å². The van der Waals surface area contributed by atoms with Crippen LogP contribution >= 0.6 is 11.3 Å². The van der Waals surface area contributed by atoms with Gasteiger partial charge in [-0.15, -0.1) is 11.3 Å². The zero-order chi connectivity index (χ0) is 15.0. The molecule has 4 heteroatoms. The van der Waals surface area contributed by atoms with Crippen molar-refractivity contribution in [1.82, 2.24) is 4.98 Å². The fourth-order valence-electron chi connectivity index (χ4n) is 2.36. The molecule has 21 heavy (non-hydrogen) atoms. The Hall–Kier alpha value is -1.39. The van der Waals surface area contributed by atoms with Crippen LogP contribution in [-0.4, -0.2) is 10.1 Å². The van der Waals surface area contributed by atoms with E-state index in [-0.39, 0.29) is 0 Å². The monoisotopic (exact) mass is 303 g/mol. The predicted octanol–water partition coefficient (Wildman–Crippen LogP) is 4.14. The van der Waals surface area contributed by atoms with E-state index in [0.29, 0.717) is 12.5 Å². The maximum atomic E-state index is 10.3. The van der Waals surface area contributed by atoms with Gasteiger partial charge in [-0.05, 0) is 51.3 Å². The smallest absolute Gasteiger partial charge is 0.140 e. The number of thiazole rings is 1. The van der Waals surface area contributed by atoms with Crippen LogP contribution in [0.25, 0.3) is 0 Å². The molecule has 2 aromatic rings. The first kappa shape index (κ1) is 14.5. The third-order valence-corrected chi connectivity index (χ3v) is 4.93. The minimum atomic E-state index is -0.822. The molecule has 112 valence electrons. The molecule has 0 aliphatic heterocycles. The molecular formula is C17H21NO2S. The molecule has 3 nitrogen and oxygen atoms in total. The summed E-state index contributed by atoms with van der Waals surface area (Å²) in [6.45, 7) is 6.17. The molecule has 1 aromatic carbocycles. The van der Waals surface area contributed by atoms with Crippen LogP contribution in [0.5, 0.6) is 5.75 Å². The zero-order valence-electron chi connectivity index (χ0n) is 12.7. The van der Waals surface area contributed by atoms with Gasteiger partial charge in [0, 0.05) is 5.92 Å². The van der Waals surface area contributed by atoms with E-state index in [2.05, 4.69) is 0 Å². The third kappa shape index (κ3) is 3.44. The van der Waals surface area contributed by atoms with Crippen LogP contribution in [0.2, 0.25) is 0 Å². The molecule has 0 saturated heterocycles. The highest BCUT2D eigenvalue weighted by Gasteiger charge is 2.34. The van der Waals surface area contributed by atoms with Crippen LogP contribution in [0.15, 0.2) is 24.3 Å². The van der Waals surface area contributed by atoms with Crippen molar-refractivity contribution in [2.45, 2.75) is 51.7 Å². The van der Waals surface area contributed by atoms with Crippen LogP contribution in [-0.2, 0) is 12.2 Å². The third-order valence-electron chi connectivity index (χ3n) is 3.57. The maximum absolute atomic E-state index is 10.3. The fraction of sp³-hybridized carbons (Fsp3) is 0.471. The molecule has 0 unspecified atom stereocenters. The predicted molar refractivity (Wildman–Crippen MR) is 84.8 cm³/mol. The normalized spacial score (nSPS) is 15.2. The van der Waals surface area contributed by atoms with Crippen molar-refractivity contribution in [3.8, 4) is 5.75 Å². The topological polar surface area (TPSA) is 42.4 Å². The molecule has 1 heterocycles. The number of rotatable bonds is 5. The molecule has 0 spiro atoms. The van der Waals surface area contributed by atoms with E-state index in [4.69, 9.17) is 9.72 Å². The first-order valence-corrected chi connectivity index (χ1v) is 8.17. The Bertz CT molecular complexity index is 638. The van der Waals surface area contributed by atoms with Crippen molar-refractivity contribution in [1.29, 1.82) is 0 Å². The lowest BCUT2D eigenvalue weighted by molar-refractivity contribution is 0.0813. The highest BCUT2D eigenvalue weighted by Crippen LogP contribution is 2.45. The van der Waals surface area contributed by atoms with E-state index in [1.54, 1.807) is 11.3 Å². The van der Waals surface area contributed by atoms with Crippen LogP contribution in [0, 0.1) is 6.92 Å². The summed E-state index contributed by atoms with van der Waals surface area (Å²) in [7, 11) is 0. The summed E-state index contributed by atoms with van der Waals surface area (Å²) < 4.78 is 5.82. The number of ether oxygens (including phenoxy) is 1. The number of hydrogen-bond donors (Lipinski definition) is 1. The summed E-state index contributed by atoms with van der Waals surface area (Å²) in [6, 6.07) is 8.02. The second-order valence-electron chi connectivity index (χ2n) is 6.26. The van der Waals surface area contributed by atoms with Crippen LogP contribution in [0.3, 0.4) is 0 Å². The van der Waals surface area contributed by atoms with Gasteiger partial charge in [0.05, 0.1) is 16.2 Å². The SMILES string of the molecule is Cc1cccc(OCc2nc(C3CC3)c(C(C)(C)O)s2)c1. The highest BCUT2D eigenvalue weighted by molar-refractivity contribution is 7.11. The average molecular weight is 303 g/mol. The van der Waals surface area contributed by atoms with E-state index in [1.165, 1.54) is 18.4 Å². The van der Waals surface area contributed by atoms with Gasteiger partial charge in [0.1, 0.15) is 17.4 Å². The van der Waals surface area contributed by atoms with Crippen LogP contribution in [0.4, 0.5) is 0 Å². The molecule has 0 amide bonds. The van der Waals surface area contributed by atoms with E-state index in [1.807, 2.05) is 45.0 Å². The van der Waals surface area contributed by atoms with Crippen molar-refractivity contribution in [2.75, 3.05) is 0 Å². The quantitative estimate of drug-likeness (QED) is 0.903. The molecule has 0 bridgehead atoms. The van der Waals surface area contributed by atoms with Crippen molar-refractivity contribution in [2.24, 2.45) is 0 Å². The molecule has 0 radical (unpaired) electrons. The molecule has 1 N–H and O–H groups in total. The summed E-state index contributed by atoms with van der Waals surface area (Å²) >= 11 is 1.57. The molecule has 1 aliphatic rings. The number of aliphatic hydroxyl groups is 1. The Balaban J connectivity index is 1.77. The van der Waals surface area contributed by atoms with Gasteiger partial charge in [0.2, 0.25) is 0 Å². The molecule has 1 saturated carbocycles. The minimum Gasteiger partial charge on any atom is -0.486 e. The minimum absolute atomic E-state index is 0.462. The first-order valence-electron chi connectivity index (χ1n) is 7.35. The van der Waals surface area contributed by atoms with Crippen molar-refractivity contribution in [3.63, 3.8) is 0 Å². The van der Waals surface area contributed by atoms with Crippen molar-refractivity contribution in [3.05, 3.63) is 45.4 Å². The van der Waals surface area contributed by atoms with E-state index in [9.17, 15) is 5.11 Å². The van der Waals surface area contributed by atoms with Gasteiger partial charge in [-0.3, -0.25) is 0 Å². The largest absolute Gasteiger partial charge is 0.486 e. The Morgan fingerprint density at radius 2 is 2.14 bits per heavy atom. The lowest BCUT2D eigenvalue weighted by atomic mass is 10.0. The Labute approximate surface area is 129 Å². The zero-order valence-corrected chi connectivity index (χ0v) is 13.5. The standard InChI is InChI=1S/C17H21NO2S/c1-11-5-4-6-13(9-11)20-10-14-18-15(12-7-8-12)16(21-14)17(2,3)19/h4-6,9,12,19H,7-8,10H2,1-3H3. The van der Waals surface area contributed by atoms with Crippen LogP contribution in [0.1, 0.15) is 53.7 Å². The molecule has 1 aliphatic carbocycles. The van der Waals surface area contributed by atoms with Gasteiger partial charge >= 0.3 is 0 Å². The second kappa shape index (κ2) is 5.43. The maximum Gasteiger partial charge on any atom is 0.140 e. The van der Waals surface area contributed by atoms with Gasteiger partial charge in [-0.25, -0.2) is 4.98 Å².